The average molecular weight is 344 g/mol. The van der Waals surface area contributed by atoms with Crippen molar-refractivity contribution < 1.29 is 8.42 Å². The fourth-order valence-corrected chi connectivity index (χ4v) is 4.49. The van der Waals surface area contributed by atoms with E-state index in [4.69, 9.17) is 0 Å². The van der Waals surface area contributed by atoms with E-state index < -0.39 is 10.0 Å². The standard InChI is InChI=1S/C19H24N2O2S/c1-15-11-13-17(14-12-15)24(22,23)21-19-10-6-5-9-18(19)20-16-7-3-2-4-8-16/h2-4,7-8,11-14,18-21H,5-6,9-10H2,1H3/t18-,19-/m0/s1. The van der Waals surface area contributed by atoms with E-state index in [0.29, 0.717) is 4.90 Å². The number of nitrogens with one attached hydrogen (secondary N) is 2. The van der Waals surface area contributed by atoms with Gasteiger partial charge in [0.25, 0.3) is 0 Å². The minimum absolute atomic E-state index is 0.0924. The normalized spacial score (nSPS) is 21.4. The predicted octanol–water partition coefficient (Wildman–Crippen LogP) is 3.70. The lowest BCUT2D eigenvalue weighted by Gasteiger charge is -2.33. The van der Waals surface area contributed by atoms with Gasteiger partial charge in [0.1, 0.15) is 0 Å². The molecule has 128 valence electrons. The van der Waals surface area contributed by atoms with Crippen LogP contribution in [-0.2, 0) is 10.0 Å². The summed E-state index contributed by atoms with van der Waals surface area (Å²) >= 11 is 0. The van der Waals surface area contributed by atoms with Gasteiger partial charge in [-0.3, -0.25) is 0 Å². The Kier molecular flexibility index (Phi) is 5.21. The molecule has 2 aromatic rings. The maximum atomic E-state index is 12.7. The SMILES string of the molecule is Cc1ccc(S(=O)(=O)N[C@H]2CCCC[C@@H]2Nc2ccccc2)cc1. The molecule has 1 aliphatic rings. The van der Waals surface area contributed by atoms with Crippen molar-refractivity contribution in [3.63, 3.8) is 0 Å². The molecule has 0 aliphatic heterocycles. The van der Waals surface area contributed by atoms with E-state index >= 15 is 0 Å². The largest absolute Gasteiger partial charge is 0.381 e. The van der Waals surface area contributed by atoms with Gasteiger partial charge >= 0.3 is 0 Å². The maximum Gasteiger partial charge on any atom is 0.240 e. The van der Waals surface area contributed by atoms with Crippen LogP contribution in [0.15, 0.2) is 59.5 Å². The first kappa shape index (κ1) is 17.0. The minimum atomic E-state index is -3.49. The number of sulfonamides is 1. The predicted molar refractivity (Wildman–Crippen MR) is 97.6 cm³/mol. The highest BCUT2D eigenvalue weighted by atomic mass is 32.2. The maximum absolute atomic E-state index is 12.7. The van der Waals surface area contributed by atoms with Gasteiger partial charge in [-0.25, -0.2) is 13.1 Å². The first-order valence-corrected chi connectivity index (χ1v) is 9.93. The highest BCUT2D eigenvalue weighted by molar-refractivity contribution is 7.89. The summed E-state index contributed by atoms with van der Waals surface area (Å²) in [6.07, 6.45) is 3.99. The zero-order chi connectivity index (χ0) is 17.0. The highest BCUT2D eigenvalue weighted by Gasteiger charge is 2.29. The van der Waals surface area contributed by atoms with E-state index in [0.717, 1.165) is 36.9 Å². The number of rotatable bonds is 5. The molecule has 24 heavy (non-hydrogen) atoms. The van der Waals surface area contributed by atoms with E-state index in [9.17, 15) is 8.42 Å². The van der Waals surface area contributed by atoms with Gasteiger partial charge < -0.3 is 5.32 Å². The second-order valence-electron chi connectivity index (χ2n) is 6.44. The lowest BCUT2D eigenvalue weighted by Crippen LogP contribution is -2.48. The van der Waals surface area contributed by atoms with E-state index in [1.54, 1.807) is 12.1 Å². The summed E-state index contributed by atoms with van der Waals surface area (Å²) in [6.45, 7) is 1.95. The van der Waals surface area contributed by atoms with Gasteiger partial charge in [-0.15, -0.1) is 0 Å². The summed E-state index contributed by atoms with van der Waals surface area (Å²) < 4.78 is 28.3. The molecule has 5 heteroatoms. The zero-order valence-electron chi connectivity index (χ0n) is 13.9. The van der Waals surface area contributed by atoms with Crippen LogP contribution in [0.5, 0.6) is 0 Å². The third kappa shape index (κ3) is 4.16. The minimum Gasteiger partial charge on any atom is -0.381 e. The molecule has 4 nitrogen and oxygen atoms in total. The lowest BCUT2D eigenvalue weighted by atomic mass is 9.91. The van der Waals surface area contributed by atoms with Crippen LogP contribution in [0.1, 0.15) is 31.2 Å². The molecule has 1 saturated carbocycles. The van der Waals surface area contributed by atoms with Crippen molar-refractivity contribution >= 4 is 15.7 Å². The molecule has 0 amide bonds. The second kappa shape index (κ2) is 7.36. The monoisotopic (exact) mass is 344 g/mol. The van der Waals surface area contributed by atoms with Crippen molar-refractivity contribution in [2.75, 3.05) is 5.32 Å². The van der Waals surface area contributed by atoms with Gasteiger partial charge in [0.05, 0.1) is 4.90 Å². The number of anilines is 1. The third-order valence-electron chi connectivity index (χ3n) is 4.53. The molecule has 2 atom stereocenters. The number of benzene rings is 2. The van der Waals surface area contributed by atoms with Gasteiger partial charge in [0.15, 0.2) is 0 Å². The summed E-state index contributed by atoms with van der Waals surface area (Å²) in [4.78, 5) is 0.331. The molecule has 0 radical (unpaired) electrons. The smallest absolute Gasteiger partial charge is 0.240 e. The van der Waals surface area contributed by atoms with Crippen molar-refractivity contribution in [1.82, 2.24) is 4.72 Å². The molecule has 0 bridgehead atoms. The van der Waals surface area contributed by atoms with E-state index in [-0.39, 0.29) is 12.1 Å². The van der Waals surface area contributed by atoms with Crippen molar-refractivity contribution in [3.8, 4) is 0 Å². The Balaban J connectivity index is 1.74. The molecule has 2 N–H and O–H groups in total. The van der Waals surface area contributed by atoms with Crippen molar-refractivity contribution in [1.29, 1.82) is 0 Å². The van der Waals surface area contributed by atoms with Crippen molar-refractivity contribution in [2.24, 2.45) is 0 Å². The Labute approximate surface area is 144 Å². The highest BCUT2D eigenvalue weighted by Crippen LogP contribution is 2.24. The van der Waals surface area contributed by atoms with E-state index in [1.165, 1.54) is 0 Å². The number of aryl methyl sites for hydroxylation is 1. The van der Waals surface area contributed by atoms with Crippen LogP contribution < -0.4 is 10.0 Å². The Morgan fingerprint density at radius 2 is 1.50 bits per heavy atom. The first-order chi connectivity index (χ1) is 11.5. The van der Waals surface area contributed by atoms with Gasteiger partial charge in [0.2, 0.25) is 10.0 Å². The third-order valence-corrected chi connectivity index (χ3v) is 6.04. The zero-order valence-corrected chi connectivity index (χ0v) is 14.7. The fourth-order valence-electron chi connectivity index (χ4n) is 3.18. The van der Waals surface area contributed by atoms with Crippen LogP contribution in [0.25, 0.3) is 0 Å². The van der Waals surface area contributed by atoms with Crippen LogP contribution >= 0.6 is 0 Å². The van der Waals surface area contributed by atoms with Gasteiger partial charge in [-0.2, -0.15) is 0 Å². The fraction of sp³-hybridized carbons (Fsp3) is 0.368. The van der Waals surface area contributed by atoms with Crippen LogP contribution in [0, 0.1) is 6.92 Å². The summed E-state index contributed by atoms with van der Waals surface area (Å²) in [6, 6.07) is 17.0. The summed E-state index contributed by atoms with van der Waals surface area (Å²) in [5.74, 6) is 0. The topological polar surface area (TPSA) is 58.2 Å². The molecule has 2 aromatic carbocycles. The molecule has 0 heterocycles. The molecule has 1 aliphatic carbocycles. The van der Waals surface area contributed by atoms with Crippen molar-refractivity contribution in [2.45, 2.75) is 49.6 Å². The lowest BCUT2D eigenvalue weighted by molar-refractivity contribution is 0.378. The molecular formula is C19H24N2O2S. The quantitative estimate of drug-likeness (QED) is 0.869. The molecule has 0 saturated heterocycles. The molecule has 3 rings (SSSR count). The van der Waals surface area contributed by atoms with Gasteiger partial charge in [-0.1, -0.05) is 48.7 Å². The summed E-state index contributed by atoms with van der Waals surface area (Å²) in [5, 5.41) is 3.49. The van der Waals surface area contributed by atoms with Crippen LogP contribution in [0.4, 0.5) is 5.69 Å². The molecule has 1 fully saturated rings. The van der Waals surface area contributed by atoms with E-state index in [1.807, 2.05) is 49.4 Å². The first-order valence-electron chi connectivity index (χ1n) is 8.45. The van der Waals surface area contributed by atoms with Gasteiger partial charge in [0, 0.05) is 17.8 Å². The molecular weight excluding hydrogens is 320 g/mol. The Hall–Kier alpha value is -1.85. The Morgan fingerprint density at radius 1 is 0.875 bits per heavy atom. The van der Waals surface area contributed by atoms with Gasteiger partial charge in [-0.05, 0) is 44.0 Å². The van der Waals surface area contributed by atoms with Crippen molar-refractivity contribution in [3.05, 3.63) is 60.2 Å². The number of para-hydroxylation sites is 1. The Morgan fingerprint density at radius 3 is 2.17 bits per heavy atom. The number of hydrogen-bond donors (Lipinski definition) is 2. The van der Waals surface area contributed by atoms with Crippen LogP contribution in [0.2, 0.25) is 0 Å². The summed E-state index contributed by atoms with van der Waals surface area (Å²) in [5.41, 5.74) is 2.08. The Bertz CT molecular complexity index is 758. The number of hydrogen-bond acceptors (Lipinski definition) is 3. The van der Waals surface area contributed by atoms with Crippen LogP contribution in [-0.4, -0.2) is 20.5 Å². The average Bonchev–Trinajstić information content (AvgIpc) is 2.58. The summed E-state index contributed by atoms with van der Waals surface area (Å²) in [7, 11) is -3.49. The molecule has 0 unspecified atom stereocenters. The van der Waals surface area contributed by atoms with E-state index in [2.05, 4.69) is 10.0 Å². The second-order valence-corrected chi connectivity index (χ2v) is 8.16. The molecule has 0 aromatic heterocycles. The molecule has 0 spiro atoms. The van der Waals surface area contributed by atoms with Crippen LogP contribution in [0.3, 0.4) is 0 Å².